The van der Waals surface area contributed by atoms with E-state index < -0.39 is 32.9 Å². The Morgan fingerprint density at radius 2 is 1.60 bits per heavy atom. The molecule has 1 aromatic carbocycles. The number of benzene rings is 1. The number of hydrogen-bond donors (Lipinski definition) is 1. The standard InChI is InChI=1S/C26H32F5NO2S/c1-15(2)23-21-22(20-18(32-23)13-25(3,4)14-19(20)33)26(11-5-6-12-26)34-24(21)16-7-9-17(10-8-16)35(27,28,29,30)31/h7-10,15,19,24,33H,5-6,11-14H2,1-4H3. The van der Waals surface area contributed by atoms with Crippen LogP contribution in [0, 0.1) is 5.41 Å². The molecule has 1 aromatic heterocycles. The number of aliphatic hydroxyl groups excluding tert-OH is 1. The van der Waals surface area contributed by atoms with Crippen LogP contribution in [0.1, 0.15) is 112 Å². The largest absolute Gasteiger partial charge is 0.388 e. The highest BCUT2D eigenvalue weighted by Gasteiger charge is 2.65. The van der Waals surface area contributed by atoms with Crippen molar-refractivity contribution in [3.05, 3.63) is 57.9 Å². The number of fused-ring (bicyclic) bond motifs is 4. The molecule has 0 amide bonds. The average Bonchev–Trinajstić information content (AvgIpc) is 3.30. The number of nitrogens with zero attached hydrogens (tertiary/aromatic N) is 1. The van der Waals surface area contributed by atoms with E-state index in [0.717, 1.165) is 65.9 Å². The third kappa shape index (κ3) is 4.17. The van der Waals surface area contributed by atoms with E-state index in [4.69, 9.17) is 9.72 Å². The lowest BCUT2D eigenvalue weighted by Gasteiger charge is -2.40. The molecule has 9 heteroatoms. The summed E-state index contributed by atoms with van der Waals surface area (Å²) < 4.78 is 73.3. The van der Waals surface area contributed by atoms with Crippen LogP contribution in [-0.4, -0.2) is 10.1 Å². The molecule has 2 atom stereocenters. The molecule has 1 N–H and O–H groups in total. The minimum absolute atomic E-state index is 0.00264. The highest BCUT2D eigenvalue weighted by Crippen LogP contribution is 3.02. The first-order valence-electron chi connectivity index (χ1n) is 12.2. The van der Waals surface area contributed by atoms with E-state index in [9.17, 15) is 24.5 Å². The smallest absolute Gasteiger partial charge is 0.310 e. The molecule has 3 aliphatic rings. The topological polar surface area (TPSA) is 42.4 Å². The van der Waals surface area contributed by atoms with Crippen LogP contribution < -0.4 is 0 Å². The summed E-state index contributed by atoms with van der Waals surface area (Å²) in [6, 6.07) is 3.10. The summed E-state index contributed by atoms with van der Waals surface area (Å²) in [6.45, 7) is 8.22. The van der Waals surface area contributed by atoms with Crippen molar-refractivity contribution in [2.75, 3.05) is 0 Å². The van der Waals surface area contributed by atoms with Gasteiger partial charge in [-0.1, -0.05) is 72.1 Å². The minimum atomic E-state index is -9.77. The van der Waals surface area contributed by atoms with E-state index in [0.29, 0.717) is 30.5 Å². The van der Waals surface area contributed by atoms with Gasteiger partial charge in [-0.3, -0.25) is 4.98 Å². The van der Waals surface area contributed by atoms with Crippen LogP contribution in [0.5, 0.6) is 0 Å². The molecule has 0 bridgehead atoms. The molecule has 35 heavy (non-hydrogen) atoms. The van der Waals surface area contributed by atoms with Gasteiger partial charge >= 0.3 is 10.2 Å². The number of aromatic nitrogens is 1. The molecular weight excluding hydrogens is 485 g/mol. The molecule has 0 radical (unpaired) electrons. The number of aliphatic hydroxyl groups is 1. The molecular formula is C26H32F5NO2S. The highest BCUT2D eigenvalue weighted by atomic mass is 32.5. The van der Waals surface area contributed by atoms with Gasteiger partial charge in [-0.2, -0.15) is 0 Å². The Bertz CT molecular complexity index is 1190. The molecule has 3 nitrogen and oxygen atoms in total. The Kier molecular flexibility index (Phi) is 4.98. The van der Waals surface area contributed by atoms with Gasteiger partial charge in [0.15, 0.2) is 0 Å². The summed E-state index contributed by atoms with van der Waals surface area (Å²) in [7, 11) is -9.77. The van der Waals surface area contributed by atoms with Gasteiger partial charge in [-0.25, -0.2) is 0 Å². The Hall–Kier alpha value is -1.71. The van der Waals surface area contributed by atoms with Crippen LogP contribution in [0.25, 0.3) is 0 Å². The second-order valence-electron chi connectivity index (χ2n) is 11.6. The van der Waals surface area contributed by atoms with E-state index in [1.165, 1.54) is 0 Å². The molecule has 1 fully saturated rings. The van der Waals surface area contributed by atoms with Gasteiger partial charge in [0, 0.05) is 22.5 Å². The van der Waals surface area contributed by atoms with Crippen molar-refractivity contribution in [2.45, 2.75) is 94.8 Å². The summed E-state index contributed by atoms with van der Waals surface area (Å²) >= 11 is 0. The number of ether oxygens (including phenoxy) is 1. The number of hydrogen-bond acceptors (Lipinski definition) is 3. The Labute approximate surface area is 202 Å². The van der Waals surface area contributed by atoms with Crippen LogP contribution in [0.3, 0.4) is 0 Å². The first-order chi connectivity index (χ1) is 15.9. The van der Waals surface area contributed by atoms with E-state index in [1.54, 1.807) is 0 Å². The lowest BCUT2D eigenvalue weighted by molar-refractivity contribution is -0.0580. The van der Waals surface area contributed by atoms with Crippen molar-refractivity contribution >= 4 is 10.2 Å². The van der Waals surface area contributed by atoms with Gasteiger partial charge in [0.05, 0.1) is 11.7 Å². The van der Waals surface area contributed by atoms with E-state index in [1.807, 2.05) is 13.8 Å². The van der Waals surface area contributed by atoms with Crippen molar-refractivity contribution in [3.63, 3.8) is 0 Å². The summed E-state index contributed by atoms with van der Waals surface area (Å²) in [5.41, 5.74) is 3.81. The zero-order valence-corrected chi connectivity index (χ0v) is 21.2. The number of pyridine rings is 1. The fourth-order valence-electron chi connectivity index (χ4n) is 6.32. The third-order valence-electron chi connectivity index (χ3n) is 7.75. The van der Waals surface area contributed by atoms with Crippen molar-refractivity contribution in [3.8, 4) is 0 Å². The Morgan fingerprint density at radius 1 is 1.00 bits per heavy atom. The van der Waals surface area contributed by atoms with Crippen molar-refractivity contribution in [2.24, 2.45) is 5.41 Å². The quantitative estimate of drug-likeness (QED) is 0.414. The normalized spacial score (nSPS) is 26.9. The average molecular weight is 518 g/mol. The van der Waals surface area contributed by atoms with Crippen LogP contribution in [0.2, 0.25) is 0 Å². The molecule has 5 rings (SSSR count). The number of rotatable bonds is 3. The molecule has 2 unspecified atom stereocenters. The van der Waals surface area contributed by atoms with Gasteiger partial charge in [0.2, 0.25) is 0 Å². The van der Waals surface area contributed by atoms with E-state index >= 15 is 0 Å². The van der Waals surface area contributed by atoms with Gasteiger partial charge in [0.25, 0.3) is 0 Å². The second kappa shape index (κ2) is 6.98. The van der Waals surface area contributed by atoms with Crippen molar-refractivity contribution < 1.29 is 29.3 Å². The molecule has 1 spiro atoms. The lowest BCUT2D eigenvalue weighted by atomic mass is 9.70. The predicted molar refractivity (Wildman–Crippen MR) is 126 cm³/mol. The molecule has 194 valence electrons. The van der Waals surface area contributed by atoms with Crippen LogP contribution >= 0.6 is 10.2 Å². The van der Waals surface area contributed by atoms with Crippen LogP contribution in [-0.2, 0) is 16.8 Å². The highest BCUT2D eigenvalue weighted by molar-refractivity contribution is 8.45. The van der Waals surface area contributed by atoms with Gasteiger partial charge in [0.1, 0.15) is 11.0 Å². The first kappa shape index (κ1) is 25.0. The maximum atomic E-state index is 13.3. The van der Waals surface area contributed by atoms with E-state index in [-0.39, 0.29) is 11.3 Å². The van der Waals surface area contributed by atoms with Gasteiger partial charge < -0.3 is 9.84 Å². The van der Waals surface area contributed by atoms with Crippen LogP contribution in [0.4, 0.5) is 19.4 Å². The Balaban J connectivity index is 1.73. The lowest BCUT2D eigenvalue weighted by Crippen LogP contribution is -2.32. The van der Waals surface area contributed by atoms with Gasteiger partial charge in [-0.15, -0.1) is 0 Å². The number of halogens is 5. The second-order valence-corrected chi connectivity index (χ2v) is 14.0. The first-order valence-corrected chi connectivity index (χ1v) is 14.1. The van der Waals surface area contributed by atoms with E-state index in [2.05, 4.69) is 13.8 Å². The van der Waals surface area contributed by atoms with Crippen LogP contribution in [0.15, 0.2) is 29.2 Å². The predicted octanol–water partition coefficient (Wildman–Crippen LogP) is 8.76. The zero-order valence-electron chi connectivity index (χ0n) is 20.4. The summed E-state index contributed by atoms with van der Waals surface area (Å²) in [4.78, 5) is 3.10. The Morgan fingerprint density at radius 3 is 2.14 bits per heavy atom. The summed E-state index contributed by atoms with van der Waals surface area (Å²) in [5, 5.41) is 11.3. The maximum absolute atomic E-state index is 13.3. The molecule has 2 heterocycles. The molecule has 1 aliphatic heterocycles. The minimum Gasteiger partial charge on any atom is -0.388 e. The zero-order chi connectivity index (χ0) is 25.7. The summed E-state index contributed by atoms with van der Waals surface area (Å²) in [6.07, 6.45) is 3.20. The third-order valence-corrected chi connectivity index (χ3v) is 8.92. The SMILES string of the molecule is CC(C)c1nc2c(c3c1C(c1ccc(S(F)(F)(F)(F)F)cc1)OC31CCCC1)C(O)CC(C)(C)C2. The van der Waals surface area contributed by atoms with Crippen molar-refractivity contribution in [1.29, 1.82) is 0 Å². The molecule has 1 saturated carbocycles. The molecule has 2 aliphatic carbocycles. The van der Waals surface area contributed by atoms with Gasteiger partial charge in [-0.05, 0) is 60.3 Å². The fourth-order valence-corrected chi connectivity index (χ4v) is 6.97. The monoisotopic (exact) mass is 517 g/mol. The maximum Gasteiger partial charge on any atom is 0.310 e. The molecule has 2 aromatic rings. The summed E-state index contributed by atoms with van der Waals surface area (Å²) in [5.74, 6) is 0.00264. The molecule has 0 saturated heterocycles. The fraction of sp³-hybridized carbons (Fsp3) is 0.577. The van der Waals surface area contributed by atoms with Crippen molar-refractivity contribution in [1.82, 2.24) is 4.98 Å².